The SMILES string of the molecule is C=C1C[C@]23CC1C[C@@H](O)[C@H]2[C@]12COC(=O)[C@](C)([C@@H](O)[C@@H](O)C1)[C@H]2[C@@H]3C(=O)O. The summed E-state index contributed by atoms with van der Waals surface area (Å²) in [7, 11) is 0. The Kier molecular flexibility index (Phi) is 3.22. The lowest BCUT2D eigenvalue weighted by atomic mass is 9.49. The molecule has 1 heterocycles. The zero-order valence-electron chi connectivity index (χ0n) is 15.3. The van der Waals surface area contributed by atoms with Crippen molar-refractivity contribution in [1.82, 2.24) is 0 Å². The molecule has 4 N–H and O–H groups in total. The maximum atomic E-state index is 12.8. The van der Waals surface area contributed by atoms with Gasteiger partial charge >= 0.3 is 11.9 Å². The third-order valence-corrected chi connectivity index (χ3v) is 8.87. The molecule has 0 aromatic heterocycles. The Labute approximate surface area is 157 Å². The zero-order chi connectivity index (χ0) is 19.5. The van der Waals surface area contributed by atoms with E-state index in [4.69, 9.17) is 4.74 Å². The second-order valence-corrected chi connectivity index (χ2v) is 9.85. The molecule has 0 aromatic rings. The van der Waals surface area contributed by atoms with Crippen LogP contribution in [0.15, 0.2) is 12.2 Å². The minimum Gasteiger partial charge on any atom is -0.481 e. The minimum atomic E-state index is -1.51. The molecule has 7 heteroatoms. The quantitative estimate of drug-likeness (QED) is 0.383. The highest BCUT2D eigenvalue weighted by atomic mass is 16.5. The molecule has 4 bridgehead atoms. The maximum Gasteiger partial charge on any atom is 0.314 e. The van der Waals surface area contributed by atoms with Gasteiger partial charge in [-0.05, 0) is 43.9 Å². The Hall–Kier alpha value is -1.44. The molecule has 5 fully saturated rings. The van der Waals surface area contributed by atoms with Gasteiger partial charge < -0.3 is 25.2 Å². The molecule has 5 aliphatic rings. The van der Waals surface area contributed by atoms with E-state index in [1.165, 1.54) is 6.92 Å². The number of ether oxygens (including phenoxy) is 1. The molecule has 0 amide bonds. The van der Waals surface area contributed by atoms with Crippen LogP contribution in [0.25, 0.3) is 0 Å². The molecule has 27 heavy (non-hydrogen) atoms. The normalized spacial score (nSPS) is 58.4. The first-order valence-electron chi connectivity index (χ1n) is 9.71. The van der Waals surface area contributed by atoms with Crippen molar-refractivity contribution in [2.75, 3.05) is 6.61 Å². The molecule has 0 aromatic carbocycles. The van der Waals surface area contributed by atoms with Gasteiger partial charge in [-0.3, -0.25) is 9.59 Å². The molecule has 0 radical (unpaired) electrons. The summed E-state index contributed by atoms with van der Waals surface area (Å²) in [6.07, 6.45) is -1.50. The van der Waals surface area contributed by atoms with E-state index in [-0.39, 0.29) is 18.9 Å². The average Bonchev–Trinajstić information content (AvgIpc) is 2.99. The summed E-state index contributed by atoms with van der Waals surface area (Å²) in [5.41, 5.74) is -2.11. The number of hydrogen-bond acceptors (Lipinski definition) is 6. The first-order valence-corrected chi connectivity index (χ1v) is 9.71. The molecule has 1 spiro atoms. The van der Waals surface area contributed by atoms with Gasteiger partial charge in [-0.25, -0.2) is 0 Å². The van der Waals surface area contributed by atoms with Gasteiger partial charge in [-0.2, -0.15) is 0 Å². The van der Waals surface area contributed by atoms with Gasteiger partial charge in [0.1, 0.15) is 0 Å². The van der Waals surface area contributed by atoms with Gasteiger partial charge in [0, 0.05) is 17.3 Å². The number of aliphatic carboxylic acids is 1. The van der Waals surface area contributed by atoms with E-state index >= 15 is 0 Å². The Bertz CT molecular complexity index is 763. The van der Waals surface area contributed by atoms with Crippen molar-refractivity contribution < 1.29 is 34.8 Å². The molecule has 1 saturated heterocycles. The molecule has 1 unspecified atom stereocenters. The summed E-state index contributed by atoms with van der Waals surface area (Å²) in [4.78, 5) is 25.3. The lowest BCUT2D eigenvalue weighted by Crippen LogP contribution is -2.68. The van der Waals surface area contributed by atoms with Crippen molar-refractivity contribution in [3.05, 3.63) is 12.2 Å². The number of carbonyl (C=O) groups excluding carboxylic acids is 1. The van der Waals surface area contributed by atoms with Crippen LogP contribution in [-0.4, -0.2) is 57.3 Å². The Balaban J connectivity index is 1.80. The number of fused-ring (bicyclic) bond motifs is 1. The topological polar surface area (TPSA) is 124 Å². The smallest absolute Gasteiger partial charge is 0.314 e. The van der Waals surface area contributed by atoms with Crippen molar-refractivity contribution in [3.63, 3.8) is 0 Å². The summed E-state index contributed by atoms with van der Waals surface area (Å²) >= 11 is 0. The Morgan fingerprint density at radius 2 is 1.85 bits per heavy atom. The number of carboxylic acid groups (broad SMARTS) is 1. The molecule has 5 rings (SSSR count). The van der Waals surface area contributed by atoms with Crippen LogP contribution >= 0.6 is 0 Å². The Morgan fingerprint density at radius 1 is 1.15 bits per heavy atom. The van der Waals surface area contributed by atoms with E-state index < -0.39 is 64.2 Å². The highest BCUT2D eigenvalue weighted by molar-refractivity contribution is 5.83. The molecule has 7 nitrogen and oxygen atoms in total. The predicted octanol–water partition coefficient (Wildman–Crippen LogP) is 0.325. The van der Waals surface area contributed by atoms with Gasteiger partial charge in [0.2, 0.25) is 0 Å². The molecular weight excluding hydrogens is 352 g/mol. The van der Waals surface area contributed by atoms with E-state index in [1.54, 1.807) is 0 Å². The summed E-state index contributed by atoms with van der Waals surface area (Å²) in [5.74, 6) is -3.56. The fourth-order valence-electron chi connectivity index (χ4n) is 8.30. The van der Waals surface area contributed by atoms with Crippen LogP contribution in [-0.2, 0) is 14.3 Å². The number of hydrogen-bond donors (Lipinski definition) is 4. The monoisotopic (exact) mass is 378 g/mol. The van der Waals surface area contributed by atoms with Gasteiger partial charge in [0.05, 0.1) is 36.3 Å². The number of esters is 1. The van der Waals surface area contributed by atoms with Crippen LogP contribution in [0.1, 0.15) is 32.6 Å². The number of carbonyl (C=O) groups is 2. The lowest BCUT2D eigenvalue weighted by molar-refractivity contribution is -0.246. The third kappa shape index (κ3) is 1.71. The van der Waals surface area contributed by atoms with Crippen molar-refractivity contribution in [3.8, 4) is 0 Å². The molecule has 4 aliphatic carbocycles. The highest BCUT2D eigenvalue weighted by Crippen LogP contribution is 2.78. The standard InChI is InChI=1S/C20H26O7/c1-8-4-19-5-9(8)3-10(21)13(19)20-6-11(22)15(23)18(2,17(26)27-7-20)14(20)12(19)16(24)25/h9-15,21-23H,1,3-7H2,2H3,(H,24,25)/t9?,10-,11+,12-,13-,14-,15+,18+,19-,20-/m1/s1. The van der Waals surface area contributed by atoms with Crippen LogP contribution in [0.2, 0.25) is 0 Å². The average molecular weight is 378 g/mol. The first kappa shape index (κ1) is 17.6. The third-order valence-electron chi connectivity index (χ3n) is 8.87. The number of aliphatic hydroxyl groups is 3. The van der Waals surface area contributed by atoms with Gasteiger partial charge in [0.25, 0.3) is 0 Å². The largest absolute Gasteiger partial charge is 0.481 e. The van der Waals surface area contributed by atoms with E-state index in [0.717, 1.165) is 5.57 Å². The summed E-state index contributed by atoms with van der Waals surface area (Å²) < 4.78 is 5.49. The fourth-order valence-corrected chi connectivity index (χ4v) is 8.30. The molecule has 1 aliphatic heterocycles. The molecule has 10 atom stereocenters. The van der Waals surface area contributed by atoms with Crippen LogP contribution in [0, 0.1) is 39.9 Å². The highest BCUT2D eigenvalue weighted by Gasteiger charge is 2.82. The van der Waals surface area contributed by atoms with E-state index in [2.05, 4.69) is 6.58 Å². The van der Waals surface area contributed by atoms with E-state index in [1.807, 2.05) is 0 Å². The second-order valence-electron chi connectivity index (χ2n) is 9.85. The second kappa shape index (κ2) is 4.93. The zero-order valence-corrected chi connectivity index (χ0v) is 15.3. The van der Waals surface area contributed by atoms with Crippen LogP contribution < -0.4 is 0 Å². The fraction of sp³-hybridized carbons (Fsp3) is 0.800. The van der Waals surface area contributed by atoms with Crippen LogP contribution in [0.4, 0.5) is 0 Å². The van der Waals surface area contributed by atoms with E-state index in [0.29, 0.717) is 19.3 Å². The summed E-state index contributed by atoms with van der Waals surface area (Å²) in [6.45, 7) is 5.65. The molecular formula is C20H26O7. The van der Waals surface area contributed by atoms with Gasteiger partial charge in [-0.1, -0.05) is 12.2 Å². The number of allylic oxidation sites excluding steroid dienone is 1. The van der Waals surface area contributed by atoms with Gasteiger partial charge in [0.15, 0.2) is 0 Å². The summed E-state index contributed by atoms with van der Waals surface area (Å²) in [6, 6.07) is 0. The van der Waals surface area contributed by atoms with Gasteiger partial charge in [-0.15, -0.1) is 0 Å². The van der Waals surface area contributed by atoms with Crippen molar-refractivity contribution in [2.24, 2.45) is 39.9 Å². The number of carboxylic acids is 1. The first-order chi connectivity index (χ1) is 12.6. The Morgan fingerprint density at radius 3 is 2.52 bits per heavy atom. The van der Waals surface area contributed by atoms with Crippen molar-refractivity contribution in [1.29, 1.82) is 0 Å². The van der Waals surface area contributed by atoms with Crippen molar-refractivity contribution in [2.45, 2.75) is 50.9 Å². The van der Waals surface area contributed by atoms with E-state index in [9.17, 15) is 30.0 Å². The maximum absolute atomic E-state index is 12.8. The molecule has 4 saturated carbocycles. The summed E-state index contributed by atoms with van der Waals surface area (Å²) in [5, 5.41) is 42.8. The number of aliphatic hydroxyl groups excluding tert-OH is 3. The van der Waals surface area contributed by atoms with Crippen molar-refractivity contribution >= 4 is 11.9 Å². The predicted molar refractivity (Wildman–Crippen MR) is 91.2 cm³/mol. The van der Waals surface area contributed by atoms with Crippen LogP contribution in [0.3, 0.4) is 0 Å². The number of rotatable bonds is 1. The lowest BCUT2D eigenvalue weighted by Gasteiger charge is -2.59. The molecule has 148 valence electrons. The number of cyclic esters (lactones) is 1. The van der Waals surface area contributed by atoms with Crippen LogP contribution in [0.5, 0.6) is 0 Å². The minimum absolute atomic E-state index is 0.0136.